The van der Waals surface area contributed by atoms with Gasteiger partial charge in [0.15, 0.2) is 8.32 Å². The summed E-state index contributed by atoms with van der Waals surface area (Å²) >= 11 is 0. The van der Waals surface area contributed by atoms with Crippen molar-refractivity contribution in [3.63, 3.8) is 0 Å². The number of carbonyl (C=O) groups is 1. The van der Waals surface area contributed by atoms with Crippen LogP contribution in [-0.2, 0) is 25.9 Å². The van der Waals surface area contributed by atoms with E-state index in [1.165, 1.54) is 18.2 Å². The largest absolute Gasteiger partial charge is 0.466 e. The maximum Gasteiger partial charge on any atom is 0.335 e. The molecular weight excluding hydrogens is 500 g/mol. The lowest BCUT2D eigenvalue weighted by Gasteiger charge is -2.47. The van der Waals surface area contributed by atoms with Crippen LogP contribution in [0.5, 0.6) is 0 Å². The van der Waals surface area contributed by atoms with Gasteiger partial charge in [-0.25, -0.2) is 4.79 Å². The first kappa shape index (κ1) is 28.1. The van der Waals surface area contributed by atoms with Gasteiger partial charge in [-0.2, -0.15) is 0 Å². The van der Waals surface area contributed by atoms with Crippen molar-refractivity contribution in [2.75, 3.05) is 19.0 Å². The van der Waals surface area contributed by atoms with Crippen molar-refractivity contribution >= 4 is 20.0 Å². The van der Waals surface area contributed by atoms with E-state index in [9.17, 15) is 4.79 Å². The van der Waals surface area contributed by atoms with E-state index in [1.54, 1.807) is 0 Å². The molecule has 39 heavy (non-hydrogen) atoms. The van der Waals surface area contributed by atoms with Crippen molar-refractivity contribution in [3.8, 4) is 0 Å². The lowest BCUT2D eigenvalue weighted by atomic mass is 9.62. The molecule has 2 aliphatic heterocycles. The Hall–Kier alpha value is -2.41. The van der Waals surface area contributed by atoms with Crippen LogP contribution >= 0.6 is 0 Å². The minimum absolute atomic E-state index is 0.152. The molecule has 0 saturated carbocycles. The second-order valence-electron chi connectivity index (χ2n) is 13.2. The van der Waals surface area contributed by atoms with Crippen molar-refractivity contribution in [3.05, 3.63) is 77.0 Å². The third kappa shape index (κ3) is 4.89. The average Bonchev–Trinajstić information content (AvgIpc) is 3.45. The van der Waals surface area contributed by atoms with Gasteiger partial charge in [0.05, 0.1) is 18.1 Å². The Balaban J connectivity index is 1.59. The van der Waals surface area contributed by atoms with E-state index >= 15 is 0 Å². The Morgan fingerprint density at radius 1 is 1.13 bits per heavy atom. The molecule has 0 radical (unpaired) electrons. The molecule has 210 valence electrons. The van der Waals surface area contributed by atoms with Gasteiger partial charge in [-0.1, -0.05) is 76.2 Å². The normalized spacial score (nSPS) is 25.5. The molecule has 0 amide bonds. The summed E-state index contributed by atoms with van der Waals surface area (Å²) in [5, 5.41) is 3.87. The number of likely N-dealkylation sites (tertiary alicyclic amines) is 1. The topological polar surface area (TPSA) is 50.8 Å². The van der Waals surface area contributed by atoms with Crippen molar-refractivity contribution in [1.82, 2.24) is 4.90 Å². The molecule has 0 bridgehead atoms. The fraction of sp³-hybridized carbons (Fsp3) is 0.545. The van der Waals surface area contributed by atoms with Gasteiger partial charge in [-0.15, -0.1) is 0 Å². The zero-order valence-corrected chi connectivity index (χ0v) is 25.8. The lowest BCUT2D eigenvalue weighted by molar-refractivity contribution is -0.136. The van der Waals surface area contributed by atoms with Crippen LogP contribution in [0.1, 0.15) is 64.5 Å². The molecule has 3 aliphatic rings. The summed E-state index contributed by atoms with van der Waals surface area (Å²) in [5.74, 6) is 0.0738. The van der Waals surface area contributed by atoms with Gasteiger partial charge in [0.2, 0.25) is 0 Å². The first-order valence-corrected chi connectivity index (χ1v) is 17.6. The standard InChI is InChI=1S/C33H46N2O3Si/c1-8-25(38-39(6,7)32(2,3)4)20-24-21-26(31(36)37-5)29-33(27-16-12-13-17-28(27)34-29)18-19-35(30(24)33)22-23-14-10-9-11-15-23/h9-17,24-25,30,34H,8,18-22H2,1-7H3/t24-,25?,30+,33-/m1/s1. The Labute approximate surface area is 236 Å². The van der Waals surface area contributed by atoms with E-state index in [1.807, 2.05) is 0 Å². The van der Waals surface area contributed by atoms with Gasteiger partial charge in [0, 0.05) is 36.6 Å². The third-order valence-corrected chi connectivity index (χ3v) is 14.5. The Bertz CT molecular complexity index is 1240. The van der Waals surface area contributed by atoms with Gasteiger partial charge in [0.25, 0.3) is 0 Å². The number of nitrogens with one attached hydrogen (secondary N) is 1. The molecule has 1 N–H and O–H groups in total. The molecule has 0 aromatic heterocycles. The molecule has 2 heterocycles. The summed E-state index contributed by atoms with van der Waals surface area (Å²) < 4.78 is 12.4. The fourth-order valence-electron chi connectivity index (χ4n) is 7.11. The molecule has 5 rings (SSSR count). The Morgan fingerprint density at radius 2 is 1.82 bits per heavy atom. The molecule has 1 aliphatic carbocycles. The van der Waals surface area contributed by atoms with E-state index in [0.717, 1.165) is 49.3 Å². The number of hydrogen-bond donors (Lipinski definition) is 1. The maximum atomic E-state index is 13.3. The smallest absolute Gasteiger partial charge is 0.335 e. The number of ether oxygens (including phenoxy) is 1. The Morgan fingerprint density at radius 3 is 2.49 bits per heavy atom. The third-order valence-electron chi connectivity index (χ3n) is 9.97. The highest BCUT2D eigenvalue weighted by Crippen LogP contribution is 2.60. The molecule has 1 fully saturated rings. The lowest BCUT2D eigenvalue weighted by Crippen LogP contribution is -2.53. The van der Waals surface area contributed by atoms with E-state index in [-0.39, 0.29) is 34.5 Å². The molecule has 1 saturated heterocycles. The molecule has 6 heteroatoms. The van der Waals surface area contributed by atoms with Gasteiger partial charge in [0.1, 0.15) is 0 Å². The predicted octanol–water partition coefficient (Wildman–Crippen LogP) is 7.26. The Kier molecular flexibility index (Phi) is 7.59. The quantitative estimate of drug-likeness (QED) is 0.279. The highest BCUT2D eigenvalue weighted by atomic mass is 28.4. The first-order chi connectivity index (χ1) is 18.5. The summed E-state index contributed by atoms with van der Waals surface area (Å²) in [6, 6.07) is 19.7. The van der Waals surface area contributed by atoms with Crippen molar-refractivity contribution in [1.29, 1.82) is 0 Å². The zero-order chi connectivity index (χ0) is 28.0. The molecule has 5 nitrogen and oxygen atoms in total. The van der Waals surface area contributed by atoms with E-state index in [0.29, 0.717) is 6.42 Å². The predicted molar refractivity (Wildman–Crippen MR) is 161 cm³/mol. The molecule has 2 aromatic rings. The highest BCUT2D eigenvalue weighted by Gasteiger charge is 2.61. The van der Waals surface area contributed by atoms with Gasteiger partial charge in [-0.3, -0.25) is 4.90 Å². The van der Waals surface area contributed by atoms with Crippen LogP contribution in [0, 0.1) is 5.92 Å². The van der Waals surface area contributed by atoms with Crippen molar-refractivity contribution in [2.45, 2.75) is 95.6 Å². The van der Waals surface area contributed by atoms with Crippen LogP contribution in [0.2, 0.25) is 18.1 Å². The van der Waals surface area contributed by atoms with Crippen LogP contribution in [0.25, 0.3) is 0 Å². The highest BCUT2D eigenvalue weighted by molar-refractivity contribution is 6.74. The summed E-state index contributed by atoms with van der Waals surface area (Å²) in [7, 11) is -0.435. The maximum absolute atomic E-state index is 13.3. The minimum Gasteiger partial charge on any atom is -0.466 e. The van der Waals surface area contributed by atoms with Crippen LogP contribution in [0.3, 0.4) is 0 Å². The van der Waals surface area contributed by atoms with E-state index < -0.39 is 8.32 Å². The van der Waals surface area contributed by atoms with Crippen LogP contribution in [0.4, 0.5) is 5.69 Å². The SMILES string of the molecule is CCC(C[C@@H]1CC(C(=O)OC)=C2Nc3ccccc3[C@]23CCN(Cc2ccccc2)[C@@H]13)O[Si](C)(C)C(C)(C)C. The number of para-hydroxylation sites is 1. The molecule has 4 atom stereocenters. The number of benzene rings is 2. The van der Waals surface area contributed by atoms with Gasteiger partial charge in [-0.05, 0) is 66.9 Å². The second-order valence-corrected chi connectivity index (χ2v) is 18.0. The zero-order valence-electron chi connectivity index (χ0n) is 24.8. The molecular formula is C33H46N2O3Si. The van der Waals surface area contributed by atoms with E-state index in [4.69, 9.17) is 9.16 Å². The van der Waals surface area contributed by atoms with Gasteiger partial charge < -0.3 is 14.5 Å². The number of methoxy groups -OCH3 is 1. The first-order valence-electron chi connectivity index (χ1n) is 14.7. The van der Waals surface area contributed by atoms with Crippen molar-refractivity contribution < 1.29 is 14.0 Å². The molecule has 1 spiro atoms. The number of anilines is 1. The molecule has 1 unspecified atom stereocenters. The van der Waals surface area contributed by atoms with E-state index in [2.05, 4.69) is 106 Å². The summed E-state index contributed by atoms with van der Waals surface area (Å²) in [6.45, 7) is 15.8. The van der Waals surface area contributed by atoms with Crippen LogP contribution in [0.15, 0.2) is 65.9 Å². The minimum atomic E-state index is -1.95. The molecule has 2 aromatic carbocycles. The number of nitrogens with zero attached hydrogens (tertiary/aromatic N) is 1. The summed E-state index contributed by atoms with van der Waals surface area (Å²) in [4.78, 5) is 16.0. The van der Waals surface area contributed by atoms with Gasteiger partial charge >= 0.3 is 5.97 Å². The monoisotopic (exact) mass is 546 g/mol. The average molecular weight is 547 g/mol. The summed E-state index contributed by atoms with van der Waals surface area (Å²) in [5.41, 5.74) is 5.44. The number of carbonyl (C=O) groups excluding carboxylic acids is 1. The number of fused-ring (bicyclic) bond motifs is 1. The number of hydrogen-bond acceptors (Lipinski definition) is 5. The van der Waals surface area contributed by atoms with Crippen molar-refractivity contribution in [2.24, 2.45) is 5.92 Å². The van der Waals surface area contributed by atoms with Crippen LogP contribution in [-0.4, -0.2) is 45.0 Å². The summed E-state index contributed by atoms with van der Waals surface area (Å²) in [6.07, 6.45) is 3.77. The number of rotatable bonds is 8. The van der Waals surface area contributed by atoms with Crippen LogP contribution < -0.4 is 5.32 Å². The fourth-order valence-corrected chi connectivity index (χ4v) is 8.56. The number of esters is 1. The second kappa shape index (κ2) is 10.5.